The highest BCUT2D eigenvalue weighted by atomic mass is 35.5. The first-order chi connectivity index (χ1) is 9.19. The maximum Gasteiger partial charge on any atom is 0.0658 e. The minimum Gasteiger partial charge on any atom is -0.399 e. The number of benzene rings is 2. The van der Waals surface area contributed by atoms with Gasteiger partial charge in [0.1, 0.15) is 0 Å². The van der Waals surface area contributed by atoms with E-state index >= 15 is 0 Å². The first-order valence-electron chi connectivity index (χ1n) is 6.15. The van der Waals surface area contributed by atoms with Crippen LogP contribution in [0.4, 0.5) is 11.4 Å². The topological polar surface area (TPSA) is 58.3 Å². The van der Waals surface area contributed by atoms with Gasteiger partial charge in [0.15, 0.2) is 0 Å². The molecule has 0 fully saturated rings. The molecule has 1 unspecified atom stereocenters. The third kappa shape index (κ3) is 3.88. The molecule has 0 saturated carbocycles. The summed E-state index contributed by atoms with van der Waals surface area (Å²) >= 11 is 6.11. The summed E-state index contributed by atoms with van der Waals surface area (Å²) in [5.41, 5.74) is 8.23. The van der Waals surface area contributed by atoms with E-state index in [1.54, 1.807) is 12.1 Å². The maximum atomic E-state index is 9.46. The molecule has 0 spiro atoms. The molecule has 0 bridgehead atoms. The summed E-state index contributed by atoms with van der Waals surface area (Å²) in [5.74, 6) is 0. The number of nitrogens with one attached hydrogen (secondary N) is 1. The van der Waals surface area contributed by atoms with E-state index in [4.69, 9.17) is 17.3 Å². The number of halogens is 1. The molecule has 1 atom stereocenters. The van der Waals surface area contributed by atoms with Crippen molar-refractivity contribution in [2.45, 2.75) is 12.5 Å². The van der Waals surface area contributed by atoms with Crippen molar-refractivity contribution in [3.8, 4) is 0 Å². The van der Waals surface area contributed by atoms with E-state index in [1.807, 2.05) is 36.4 Å². The summed E-state index contributed by atoms with van der Waals surface area (Å²) in [6, 6.07) is 15.2. The minimum absolute atomic E-state index is 0.0373. The van der Waals surface area contributed by atoms with Crippen LogP contribution >= 0.6 is 11.6 Å². The monoisotopic (exact) mass is 276 g/mol. The van der Waals surface area contributed by atoms with Gasteiger partial charge in [-0.1, -0.05) is 41.9 Å². The van der Waals surface area contributed by atoms with Crippen molar-refractivity contribution in [1.82, 2.24) is 0 Å². The van der Waals surface area contributed by atoms with Crippen LogP contribution in [0.5, 0.6) is 0 Å². The Morgan fingerprint density at radius 1 is 1.16 bits per heavy atom. The fraction of sp³-hybridized carbons (Fsp3) is 0.200. The molecule has 0 saturated heterocycles. The van der Waals surface area contributed by atoms with E-state index in [9.17, 15) is 5.11 Å². The normalized spacial score (nSPS) is 12.1. The molecule has 0 aromatic heterocycles. The van der Waals surface area contributed by atoms with E-state index in [0.29, 0.717) is 10.7 Å². The lowest BCUT2D eigenvalue weighted by Crippen LogP contribution is -2.26. The van der Waals surface area contributed by atoms with Crippen LogP contribution in [0.3, 0.4) is 0 Å². The number of aliphatic hydroxyl groups is 1. The smallest absolute Gasteiger partial charge is 0.0658 e. The quantitative estimate of drug-likeness (QED) is 0.736. The number of aliphatic hydroxyl groups excluding tert-OH is 1. The van der Waals surface area contributed by atoms with Gasteiger partial charge >= 0.3 is 0 Å². The van der Waals surface area contributed by atoms with E-state index in [-0.39, 0.29) is 12.6 Å². The second-order valence-corrected chi connectivity index (χ2v) is 4.86. The average molecular weight is 277 g/mol. The molecule has 0 aliphatic rings. The molecule has 0 heterocycles. The van der Waals surface area contributed by atoms with E-state index < -0.39 is 0 Å². The zero-order chi connectivity index (χ0) is 13.7. The lowest BCUT2D eigenvalue weighted by molar-refractivity contribution is 0.274. The average Bonchev–Trinajstić information content (AvgIpc) is 2.42. The predicted octanol–water partition coefficient (Wildman–Crippen LogP) is 2.94. The van der Waals surface area contributed by atoms with Gasteiger partial charge in [0, 0.05) is 5.69 Å². The first kappa shape index (κ1) is 13.7. The number of rotatable bonds is 5. The van der Waals surface area contributed by atoms with Crippen LogP contribution in [0.1, 0.15) is 5.56 Å². The molecule has 0 aliphatic heterocycles. The van der Waals surface area contributed by atoms with Gasteiger partial charge < -0.3 is 16.2 Å². The molecule has 100 valence electrons. The third-order valence-electron chi connectivity index (χ3n) is 2.90. The highest BCUT2D eigenvalue weighted by Crippen LogP contribution is 2.25. The van der Waals surface area contributed by atoms with Gasteiger partial charge in [-0.25, -0.2) is 0 Å². The Labute approximate surface area is 118 Å². The molecule has 0 radical (unpaired) electrons. The molecule has 2 aromatic carbocycles. The molecule has 2 aromatic rings. The fourth-order valence-corrected chi connectivity index (χ4v) is 2.17. The highest BCUT2D eigenvalue weighted by molar-refractivity contribution is 6.33. The zero-order valence-corrected chi connectivity index (χ0v) is 11.3. The largest absolute Gasteiger partial charge is 0.399 e. The van der Waals surface area contributed by atoms with Gasteiger partial charge in [0.2, 0.25) is 0 Å². The summed E-state index contributed by atoms with van der Waals surface area (Å²) < 4.78 is 0. The van der Waals surface area contributed by atoms with Crippen LogP contribution in [0.25, 0.3) is 0 Å². The Morgan fingerprint density at radius 2 is 1.89 bits per heavy atom. The van der Waals surface area contributed by atoms with Crippen molar-refractivity contribution in [3.05, 3.63) is 59.1 Å². The molecular formula is C15H17ClN2O. The molecule has 19 heavy (non-hydrogen) atoms. The first-order valence-corrected chi connectivity index (χ1v) is 6.53. The molecule has 4 heteroatoms. The molecule has 3 nitrogen and oxygen atoms in total. The Morgan fingerprint density at radius 3 is 2.53 bits per heavy atom. The van der Waals surface area contributed by atoms with Crippen LogP contribution in [-0.4, -0.2) is 17.8 Å². The van der Waals surface area contributed by atoms with Gasteiger partial charge in [0.25, 0.3) is 0 Å². The van der Waals surface area contributed by atoms with Crippen LogP contribution in [0.2, 0.25) is 5.02 Å². The van der Waals surface area contributed by atoms with Crippen molar-refractivity contribution in [3.63, 3.8) is 0 Å². The Hall–Kier alpha value is -1.71. The van der Waals surface area contributed by atoms with Gasteiger partial charge in [-0.2, -0.15) is 0 Å². The van der Waals surface area contributed by atoms with Crippen LogP contribution in [0.15, 0.2) is 48.5 Å². The zero-order valence-electron chi connectivity index (χ0n) is 10.5. The number of hydrogen-bond acceptors (Lipinski definition) is 3. The van der Waals surface area contributed by atoms with Gasteiger partial charge in [-0.15, -0.1) is 0 Å². The lowest BCUT2D eigenvalue weighted by atomic mass is 10.1. The predicted molar refractivity (Wildman–Crippen MR) is 80.5 cm³/mol. The Bertz CT molecular complexity index is 531. The fourth-order valence-electron chi connectivity index (χ4n) is 1.93. The Balaban J connectivity index is 2.06. The van der Waals surface area contributed by atoms with Crippen molar-refractivity contribution < 1.29 is 5.11 Å². The van der Waals surface area contributed by atoms with Crippen molar-refractivity contribution in [2.24, 2.45) is 0 Å². The number of nitrogens with two attached hydrogens (primary N) is 1. The maximum absolute atomic E-state index is 9.46. The second-order valence-electron chi connectivity index (χ2n) is 4.45. The van der Waals surface area contributed by atoms with Crippen molar-refractivity contribution in [2.75, 3.05) is 17.7 Å². The number of anilines is 2. The second kappa shape index (κ2) is 6.45. The molecule has 0 aliphatic carbocycles. The standard InChI is InChI=1S/C15H17ClN2O/c16-14-9-12(17)6-7-15(14)18-13(10-19)8-11-4-2-1-3-5-11/h1-7,9,13,18-19H,8,10,17H2. The highest BCUT2D eigenvalue weighted by Gasteiger charge is 2.10. The van der Waals surface area contributed by atoms with Crippen molar-refractivity contribution in [1.29, 1.82) is 0 Å². The van der Waals surface area contributed by atoms with Crippen molar-refractivity contribution >= 4 is 23.0 Å². The lowest BCUT2D eigenvalue weighted by Gasteiger charge is -2.18. The van der Waals surface area contributed by atoms with E-state index in [1.165, 1.54) is 5.56 Å². The van der Waals surface area contributed by atoms with E-state index in [2.05, 4.69) is 5.32 Å². The summed E-state index contributed by atoms with van der Waals surface area (Å²) in [6.45, 7) is 0.0373. The number of nitrogen functional groups attached to an aromatic ring is 1. The van der Waals surface area contributed by atoms with Gasteiger partial charge in [-0.05, 0) is 30.2 Å². The molecular weight excluding hydrogens is 260 g/mol. The van der Waals surface area contributed by atoms with Crippen LogP contribution < -0.4 is 11.1 Å². The summed E-state index contributed by atoms with van der Waals surface area (Å²) in [4.78, 5) is 0. The molecule has 2 rings (SSSR count). The van der Waals surface area contributed by atoms with E-state index in [0.717, 1.165) is 12.1 Å². The number of hydrogen-bond donors (Lipinski definition) is 3. The molecule has 0 amide bonds. The van der Waals surface area contributed by atoms with Crippen LogP contribution in [-0.2, 0) is 6.42 Å². The van der Waals surface area contributed by atoms with Gasteiger partial charge in [0.05, 0.1) is 23.4 Å². The van der Waals surface area contributed by atoms with Crippen LogP contribution in [0, 0.1) is 0 Å². The summed E-state index contributed by atoms with van der Waals surface area (Å²) in [6.07, 6.45) is 0.734. The SMILES string of the molecule is Nc1ccc(NC(CO)Cc2ccccc2)c(Cl)c1. The molecule has 4 N–H and O–H groups in total. The third-order valence-corrected chi connectivity index (χ3v) is 3.21. The summed E-state index contributed by atoms with van der Waals surface area (Å²) in [5, 5.41) is 13.3. The minimum atomic E-state index is -0.0801. The summed E-state index contributed by atoms with van der Waals surface area (Å²) in [7, 11) is 0. The van der Waals surface area contributed by atoms with Gasteiger partial charge in [-0.3, -0.25) is 0 Å². The Kier molecular flexibility index (Phi) is 4.66.